The van der Waals surface area contributed by atoms with Crippen molar-refractivity contribution >= 4 is 39.5 Å². The molecule has 0 rings (SSSR count). The van der Waals surface area contributed by atoms with Crippen LogP contribution in [0.1, 0.15) is 394 Å². The second-order valence-electron chi connectivity index (χ2n) is 27.5. The number of ether oxygens (including phenoxy) is 4. The number of carbonyl (C=O) groups excluding carboxylic acids is 4. The lowest BCUT2D eigenvalue weighted by Crippen LogP contribution is -2.30. The average molecular weight is 1380 g/mol. The van der Waals surface area contributed by atoms with Crippen LogP contribution in [0.5, 0.6) is 0 Å². The molecule has 5 atom stereocenters. The van der Waals surface area contributed by atoms with Gasteiger partial charge in [-0.15, -0.1) is 0 Å². The number of phosphoric ester groups is 2. The second kappa shape index (κ2) is 68.2. The van der Waals surface area contributed by atoms with E-state index in [-0.39, 0.29) is 25.7 Å². The highest BCUT2D eigenvalue weighted by molar-refractivity contribution is 7.47. The van der Waals surface area contributed by atoms with Gasteiger partial charge in [0.2, 0.25) is 0 Å². The molecule has 0 bridgehead atoms. The van der Waals surface area contributed by atoms with Crippen molar-refractivity contribution in [1.82, 2.24) is 0 Å². The molecule has 0 heterocycles. The summed E-state index contributed by atoms with van der Waals surface area (Å²) < 4.78 is 68.5. The van der Waals surface area contributed by atoms with E-state index in [1.165, 1.54) is 218 Å². The quantitative estimate of drug-likeness (QED) is 0.0222. The van der Waals surface area contributed by atoms with Gasteiger partial charge >= 0.3 is 39.5 Å². The van der Waals surface area contributed by atoms with Gasteiger partial charge in [-0.05, 0) is 31.6 Å². The van der Waals surface area contributed by atoms with Crippen molar-refractivity contribution < 1.29 is 80.2 Å². The van der Waals surface area contributed by atoms with Gasteiger partial charge in [0.1, 0.15) is 19.3 Å². The first-order valence-corrected chi connectivity index (χ1v) is 42.1. The molecular weight excluding hydrogens is 1230 g/mol. The fraction of sp³-hybridized carbons (Fsp3) is 0.947. The fourth-order valence-corrected chi connectivity index (χ4v) is 13.1. The Morgan fingerprint density at radius 3 is 0.723 bits per heavy atom. The van der Waals surface area contributed by atoms with Crippen LogP contribution in [0.2, 0.25) is 0 Å². The third-order valence-electron chi connectivity index (χ3n) is 17.5. The highest BCUT2D eigenvalue weighted by Gasteiger charge is 2.30. The van der Waals surface area contributed by atoms with E-state index < -0.39 is 97.5 Å². The molecule has 17 nitrogen and oxygen atoms in total. The maximum atomic E-state index is 13.1. The average Bonchev–Trinajstić information content (AvgIpc) is 3.55. The van der Waals surface area contributed by atoms with Crippen LogP contribution in [0.25, 0.3) is 0 Å². The Labute approximate surface area is 575 Å². The van der Waals surface area contributed by atoms with E-state index in [1.54, 1.807) is 0 Å². The highest BCUT2D eigenvalue weighted by atomic mass is 31.2. The van der Waals surface area contributed by atoms with Crippen LogP contribution in [-0.4, -0.2) is 96.7 Å². The molecule has 3 N–H and O–H groups in total. The summed E-state index contributed by atoms with van der Waals surface area (Å²) in [7, 11) is -9.91. The van der Waals surface area contributed by atoms with Crippen LogP contribution >= 0.6 is 15.6 Å². The SMILES string of the molecule is CCCCCCCCCCCCCCCCCCCCCC(=O)O[C@H](COC(=O)CCCCCCCCCCCCCCCC)COP(=O)(O)OC[C@@H](O)COP(=O)(O)OC[C@@H](COC(=O)CCCCCCCCCCCC)OC(=O)CCCCCCCCCCC(C)C. The van der Waals surface area contributed by atoms with Crippen LogP contribution in [0, 0.1) is 5.92 Å². The van der Waals surface area contributed by atoms with E-state index in [2.05, 4.69) is 34.6 Å². The number of unbranched alkanes of at least 4 members (excludes halogenated alkanes) is 47. The standard InChI is InChI=1S/C75H146O17P2/c1-6-9-12-15-18-21-24-26-28-29-30-31-32-34-36-39-45-50-55-60-74(79)91-70(64-86-73(78)59-54-49-44-38-35-33-27-25-22-19-16-13-10-7-2)66-89-93(81,82)87-62-69(76)63-88-94(83,84)90-67-71(65-85-72(77)58-53-48-43-37-23-20-17-14-11-8-3)92-75(80)61-56-51-46-41-40-42-47-52-57-68(4)5/h68-71,76H,6-67H2,1-5H3,(H,81,82)(H,83,84)/t69-,70-,71-/m1/s1. The lowest BCUT2D eigenvalue weighted by molar-refractivity contribution is -0.161. The number of esters is 4. The van der Waals surface area contributed by atoms with Crippen molar-refractivity contribution in [3.05, 3.63) is 0 Å². The van der Waals surface area contributed by atoms with Gasteiger partial charge in [-0.3, -0.25) is 37.3 Å². The monoisotopic (exact) mass is 1380 g/mol. The van der Waals surface area contributed by atoms with E-state index >= 15 is 0 Å². The molecule has 0 amide bonds. The third kappa shape index (κ3) is 68.6. The molecule has 0 aliphatic rings. The van der Waals surface area contributed by atoms with Crippen LogP contribution in [0.4, 0.5) is 0 Å². The highest BCUT2D eigenvalue weighted by Crippen LogP contribution is 2.45. The topological polar surface area (TPSA) is 237 Å². The molecule has 558 valence electrons. The molecule has 0 aliphatic heterocycles. The first-order valence-electron chi connectivity index (χ1n) is 39.1. The minimum absolute atomic E-state index is 0.105. The Balaban J connectivity index is 5.22. The number of hydrogen-bond acceptors (Lipinski definition) is 15. The van der Waals surface area contributed by atoms with Gasteiger partial charge < -0.3 is 33.8 Å². The maximum Gasteiger partial charge on any atom is 0.472 e. The van der Waals surface area contributed by atoms with Crippen molar-refractivity contribution in [3.8, 4) is 0 Å². The molecule has 94 heavy (non-hydrogen) atoms. The van der Waals surface area contributed by atoms with E-state index in [0.29, 0.717) is 25.7 Å². The maximum absolute atomic E-state index is 13.1. The van der Waals surface area contributed by atoms with Gasteiger partial charge in [-0.1, -0.05) is 343 Å². The number of hydrogen-bond donors (Lipinski definition) is 3. The van der Waals surface area contributed by atoms with E-state index in [1.807, 2.05) is 0 Å². The molecule has 0 aliphatic carbocycles. The summed E-state index contributed by atoms with van der Waals surface area (Å²) in [5.41, 5.74) is 0. The zero-order valence-electron chi connectivity index (χ0n) is 61.1. The molecule has 0 radical (unpaired) electrons. The summed E-state index contributed by atoms with van der Waals surface area (Å²) in [6.07, 6.45) is 56.9. The summed E-state index contributed by atoms with van der Waals surface area (Å²) in [5.74, 6) is -1.40. The smallest absolute Gasteiger partial charge is 0.462 e. The normalized spacial score (nSPS) is 14.0. The van der Waals surface area contributed by atoms with Crippen LogP contribution in [-0.2, 0) is 65.4 Å². The Hall–Kier alpha value is -1.94. The molecule has 0 saturated heterocycles. The number of aliphatic hydroxyl groups excluding tert-OH is 1. The van der Waals surface area contributed by atoms with E-state index in [0.717, 1.165) is 95.8 Å². The molecule has 0 aromatic rings. The van der Waals surface area contributed by atoms with Crippen molar-refractivity contribution in [1.29, 1.82) is 0 Å². The van der Waals surface area contributed by atoms with Crippen molar-refractivity contribution in [3.63, 3.8) is 0 Å². The van der Waals surface area contributed by atoms with Crippen molar-refractivity contribution in [2.75, 3.05) is 39.6 Å². The van der Waals surface area contributed by atoms with Gasteiger partial charge in [0.05, 0.1) is 26.4 Å². The van der Waals surface area contributed by atoms with E-state index in [9.17, 15) is 43.2 Å². The molecular formula is C75H146O17P2. The molecule has 0 fully saturated rings. The Morgan fingerprint density at radius 1 is 0.287 bits per heavy atom. The molecule has 2 unspecified atom stereocenters. The molecule has 0 spiro atoms. The number of rotatable bonds is 75. The van der Waals surface area contributed by atoms with Crippen LogP contribution in [0.15, 0.2) is 0 Å². The van der Waals surface area contributed by atoms with Gasteiger partial charge in [-0.25, -0.2) is 9.13 Å². The molecule has 0 aromatic carbocycles. The van der Waals surface area contributed by atoms with Crippen LogP contribution in [0.3, 0.4) is 0 Å². The first-order chi connectivity index (χ1) is 45.5. The predicted octanol–water partition coefficient (Wildman–Crippen LogP) is 22.1. The summed E-state index contributed by atoms with van der Waals surface area (Å²) in [4.78, 5) is 72.7. The summed E-state index contributed by atoms with van der Waals surface area (Å²) >= 11 is 0. The fourth-order valence-electron chi connectivity index (χ4n) is 11.5. The Kier molecular flexibility index (Phi) is 66.8. The lowest BCUT2D eigenvalue weighted by atomic mass is 10.0. The summed E-state index contributed by atoms with van der Waals surface area (Å²) in [5, 5.41) is 10.6. The molecule has 0 aromatic heterocycles. The minimum atomic E-state index is -4.96. The molecule has 19 heteroatoms. The van der Waals surface area contributed by atoms with Crippen molar-refractivity contribution in [2.24, 2.45) is 5.92 Å². The largest absolute Gasteiger partial charge is 0.472 e. The minimum Gasteiger partial charge on any atom is -0.462 e. The number of aliphatic hydroxyl groups is 1. The van der Waals surface area contributed by atoms with Gasteiger partial charge in [0, 0.05) is 25.7 Å². The van der Waals surface area contributed by atoms with Crippen molar-refractivity contribution in [2.45, 2.75) is 412 Å². The number of carbonyl (C=O) groups is 4. The summed E-state index contributed by atoms with van der Waals surface area (Å²) in [6.45, 7) is 7.24. The van der Waals surface area contributed by atoms with E-state index in [4.69, 9.17) is 37.0 Å². The Bertz CT molecular complexity index is 1810. The first kappa shape index (κ1) is 92.1. The van der Waals surface area contributed by atoms with Gasteiger partial charge in [0.15, 0.2) is 12.2 Å². The predicted molar refractivity (Wildman–Crippen MR) is 382 cm³/mol. The number of phosphoric acid groups is 2. The third-order valence-corrected chi connectivity index (χ3v) is 19.4. The Morgan fingerprint density at radius 2 is 0.489 bits per heavy atom. The second-order valence-corrected chi connectivity index (χ2v) is 30.4. The van der Waals surface area contributed by atoms with Gasteiger partial charge in [0.25, 0.3) is 0 Å². The lowest BCUT2D eigenvalue weighted by Gasteiger charge is -2.21. The molecule has 0 saturated carbocycles. The zero-order valence-corrected chi connectivity index (χ0v) is 62.9. The van der Waals surface area contributed by atoms with Crippen LogP contribution < -0.4 is 0 Å². The van der Waals surface area contributed by atoms with Gasteiger partial charge in [-0.2, -0.15) is 0 Å². The summed E-state index contributed by atoms with van der Waals surface area (Å²) in [6, 6.07) is 0. The zero-order chi connectivity index (χ0) is 69.1.